The van der Waals surface area contributed by atoms with E-state index in [9.17, 15) is 22.0 Å². The van der Waals surface area contributed by atoms with Crippen LogP contribution in [0.4, 0.5) is 22.0 Å². The monoisotopic (exact) mass is 286 g/mol. The third-order valence-corrected chi connectivity index (χ3v) is 2.41. The number of hydrogen-bond acceptors (Lipinski definition) is 3. The lowest BCUT2D eigenvalue weighted by Crippen LogP contribution is -2.38. The quantitative estimate of drug-likeness (QED) is 0.777. The van der Waals surface area contributed by atoms with Crippen molar-refractivity contribution in [1.82, 2.24) is 19.8 Å². The van der Waals surface area contributed by atoms with Gasteiger partial charge in [0, 0.05) is 25.5 Å². The summed E-state index contributed by atoms with van der Waals surface area (Å²) in [5.41, 5.74) is 0. The van der Waals surface area contributed by atoms with Gasteiger partial charge in [0.2, 0.25) is 0 Å². The first kappa shape index (κ1) is 15.8. The van der Waals surface area contributed by atoms with Crippen molar-refractivity contribution in [2.75, 3.05) is 26.7 Å². The van der Waals surface area contributed by atoms with Gasteiger partial charge in [-0.1, -0.05) is 0 Å². The maximum atomic E-state index is 12.6. The highest BCUT2D eigenvalue weighted by atomic mass is 19.4. The number of alkyl halides is 5. The topological polar surface area (TPSA) is 33.1 Å². The lowest BCUT2D eigenvalue weighted by atomic mass is 10.4. The molecule has 0 saturated carbocycles. The van der Waals surface area contributed by atoms with Gasteiger partial charge < -0.3 is 5.32 Å². The number of imidazole rings is 1. The second-order valence-electron chi connectivity index (χ2n) is 3.96. The second-order valence-corrected chi connectivity index (χ2v) is 3.96. The summed E-state index contributed by atoms with van der Waals surface area (Å²) in [6.45, 7) is -3.84. The van der Waals surface area contributed by atoms with Crippen molar-refractivity contribution < 1.29 is 22.0 Å². The van der Waals surface area contributed by atoms with Gasteiger partial charge in [-0.3, -0.25) is 9.47 Å². The third-order valence-electron chi connectivity index (χ3n) is 2.41. The van der Waals surface area contributed by atoms with Gasteiger partial charge in [-0.15, -0.1) is 0 Å². The minimum Gasteiger partial charge on any atom is -0.318 e. The summed E-state index contributed by atoms with van der Waals surface area (Å²) in [6, 6.07) is 0. The Morgan fingerprint density at radius 2 is 2.11 bits per heavy atom. The molecule has 0 saturated heterocycles. The van der Waals surface area contributed by atoms with Crippen molar-refractivity contribution >= 4 is 0 Å². The van der Waals surface area contributed by atoms with Crippen molar-refractivity contribution in [3.63, 3.8) is 0 Å². The number of likely N-dealkylation sites (N-methyl/N-ethyl adjacent to an activating group) is 1. The summed E-state index contributed by atoms with van der Waals surface area (Å²) in [4.78, 5) is 4.69. The molecule has 1 aromatic heterocycles. The third kappa shape index (κ3) is 5.52. The fourth-order valence-corrected chi connectivity index (χ4v) is 1.58. The molecule has 0 aliphatic rings. The molecule has 110 valence electrons. The van der Waals surface area contributed by atoms with E-state index in [1.807, 2.05) is 0 Å². The van der Waals surface area contributed by atoms with Gasteiger partial charge in [0.15, 0.2) is 0 Å². The minimum atomic E-state index is -4.38. The number of nitrogens with zero attached hydrogens (tertiary/aromatic N) is 3. The Balaban J connectivity index is 2.72. The predicted molar refractivity (Wildman–Crippen MR) is 58.7 cm³/mol. The molecule has 19 heavy (non-hydrogen) atoms. The van der Waals surface area contributed by atoms with Crippen LogP contribution >= 0.6 is 0 Å². The standard InChI is InChI=1S/C10H15F5N4/c1-16-2-4-18(7-10(13,14)15)6-8-17-3-5-19(8)9(11)12/h3,5,9,16H,2,4,6-7H2,1H3. The van der Waals surface area contributed by atoms with Crippen LogP contribution in [0.3, 0.4) is 0 Å². The minimum absolute atomic E-state index is 0.0876. The molecule has 1 heterocycles. The summed E-state index contributed by atoms with van der Waals surface area (Å²) in [5.74, 6) is -0.0876. The van der Waals surface area contributed by atoms with Crippen LogP contribution in [0.2, 0.25) is 0 Å². The second kappa shape index (κ2) is 6.80. The lowest BCUT2D eigenvalue weighted by Gasteiger charge is -2.23. The predicted octanol–water partition coefficient (Wildman–Crippen LogP) is 1.86. The first-order valence-electron chi connectivity index (χ1n) is 5.57. The number of nitrogens with one attached hydrogen (secondary N) is 1. The Bertz CT molecular complexity index is 376. The van der Waals surface area contributed by atoms with Gasteiger partial charge in [0.25, 0.3) is 0 Å². The van der Waals surface area contributed by atoms with Crippen LogP contribution in [0.5, 0.6) is 0 Å². The Morgan fingerprint density at radius 3 is 2.63 bits per heavy atom. The molecule has 0 fully saturated rings. The van der Waals surface area contributed by atoms with Crippen molar-refractivity contribution in [3.8, 4) is 0 Å². The molecule has 1 N–H and O–H groups in total. The molecule has 9 heteroatoms. The van der Waals surface area contributed by atoms with E-state index in [1.165, 1.54) is 0 Å². The molecule has 0 spiro atoms. The van der Waals surface area contributed by atoms with Crippen LogP contribution in [0.25, 0.3) is 0 Å². The average Bonchev–Trinajstić information content (AvgIpc) is 2.72. The Kier molecular flexibility index (Phi) is 5.67. The van der Waals surface area contributed by atoms with E-state index in [4.69, 9.17) is 0 Å². The van der Waals surface area contributed by atoms with Gasteiger partial charge in [0.05, 0.1) is 13.1 Å². The molecule has 0 aliphatic heterocycles. The van der Waals surface area contributed by atoms with Gasteiger partial charge in [-0.2, -0.15) is 22.0 Å². The van der Waals surface area contributed by atoms with Crippen LogP contribution in [0.15, 0.2) is 12.4 Å². The van der Waals surface area contributed by atoms with Crippen LogP contribution in [0.1, 0.15) is 12.4 Å². The molecule has 0 aromatic carbocycles. The Hall–Kier alpha value is -1.22. The van der Waals surface area contributed by atoms with E-state index in [0.717, 1.165) is 17.3 Å². The van der Waals surface area contributed by atoms with E-state index in [0.29, 0.717) is 11.1 Å². The molecule has 0 unspecified atom stereocenters. The molecular weight excluding hydrogens is 271 g/mol. The summed E-state index contributed by atoms with van der Waals surface area (Å²) in [7, 11) is 1.60. The Morgan fingerprint density at radius 1 is 1.42 bits per heavy atom. The van der Waals surface area contributed by atoms with E-state index in [1.54, 1.807) is 7.05 Å². The van der Waals surface area contributed by atoms with Gasteiger partial charge in [-0.25, -0.2) is 4.98 Å². The zero-order chi connectivity index (χ0) is 14.5. The SMILES string of the molecule is CNCCN(Cc1nccn1C(F)F)CC(F)(F)F. The van der Waals surface area contributed by atoms with E-state index >= 15 is 0 Å². The fourth-order valence-electron chi connectivity index (χ4n) is 1.58. The number of rotatable bonds is 7. The molecule has 1 rings (SSSR count). The number of halogens is 5. The van der Waals surface area contributed by atoms with E-state index < -0.39 is 19.3 Å². The summed E-state index contributed by atoms with van der Waals surface area (Å²) < 4.78 is 62.9. The molecule has 0 aliphatic carbocycles. The van der Waals surface area contributed by atoms with Crippen LogP contribution in [-0.4, -0.2) is 47.3 Å². The molecule has 0 radical (unpaired) electrons. The first-order valence-corrected chi connectivity index (χ1v) is 5.57. The van der Waals surface area contributed by atoms with Gasteiger partial charge >= 0.3 is 12.7 Å². The largest absolute Gasteiger partial charge is 0.401 e. The van der Waals surface area contributed by atoms with E-state index in [-0.39, 0.29) is 18.9 Å². The normalized spacial score (nSPS) is 12.6. The smallest absolute Gasteiger partial charge is 0.318 e. The highest BCUT2D eigenvalue weighted by molar-refractivity contribution is 4.93. The average molecular weight is 286 g/mol. The summed E-state index contributed by atoms with van der Waals surface area (Å²) in [6.07, 6.45) is -2.19. The first-order chi connectivity index (χ1) is 8.83. The zero-order valence-corrected chi connectivity index (χ0v) is 10.3. The van der Waals surface area contributed by atoms with Crippen molar-refractivity contribution in [2.24, 2.45) is 0 Å². The highest BCUT2D eigenvalue weighted by Crippen LogP contribution is 2.19. The van der Waals surface area contributed by atoms with Crippen LogP contribution < -0.4 is 5.32 Å². The van der Waals surface area contributed by atoms with Crippen LogP contribution in [-0.2, 0) is 6.54 Å². The fraction of sp³-hybridized carbons (Fsp3) is 0.700. The van der Waals surface area contributed by atoms with Crippen molar-refractivity contribution in [1.29, 1.82) is 0 Å². The maximum absolute atomic E-state index is 12.6. The number of hydrogen-bond donors (Lipinski definition) is 1. The molecule has 0 amide bonds. The van der Waals surface area contributed by atoms with Crippen molar-refractivity contribution in [2.45, 2.75) is 19.3 Å². The van der Waals surface area contributed by atoms with E-state index in [2.05, 4.69) is 10.3 Å². The summed E-state index contributed by atoms with van der Waals surface area (Å²) >= 11 is 0. The molecule has 1 aromatic rings. The van der Waals surface area contributed by atoms with Gasteiger partial charge in [0.1, 0.15) is 5.82 Å². The molecule has 0 atom stereocenters. The highest BCUT2D eigenvalue weighted by Gasteiger charge is 2.31. The molecule has 4 nitrogen and oxygen atoms in total. The lowest BCUT2D eigenvalue weighted by molar-refractivity contribution is -0.147. The maximum Gasteiger partial charge on any atom is 0.401 e. The Labute approximate surface area is 107 Å². The zero-order valence-electron chi connectivity index (χ0n) is 10.3. The van der Waals surface area contributed by atoms with Crippen molar-refractivity contribution in [3.05, 3.63) is 18.2 Å². The molecular formula is C10H15F5N4. The van der Waals surface area contributed by atoms with Crippen LogP contribution in [0, 0.1) is 0 Å². The number of aromatic nitrogens is 2. The molecule has 0 bridgehead atoms. The van der Waals surface area contributed by atoms with Gasteiger partial charge in [-0.05, 0) is 7.05 Å². The summed E-state index contributed by atoms with van der Waals surface area (Å²) in [5, 5.41) is 2.72.